The highest BCUT2D eigenvalue weighted by atomic mass is 35.5. The van der Waals surface area contributed by atoms with Crippen LogP contribution in [-0.2, 0) is 6.42 Å². The second-order valence-electron chi connectivity index (χ2n) is 3.24. The molecule has 0 unspecified atom stereocenters. The minimum absolute atomic E-state index is 0.366. The summed E-state index contributed by atoms with van der Waals surface area (Å²) in [5, 5.41) is 0.910. The highest BCUT2D eigenvalue weighted by molar-refractivity contribution is 6.41. The third-order valence-electron chi connectivity index (χ3n) is 2.16. The summed E-state index contributed by atoms with van der Waals surface area (Å²) in [4.78, 5) is 3.91. The SMILES string of the molecule is Clc1nccc(Cc2ccccc2)c1Cl. The number of rotatable bonds is 2. The van der Waals surface area contributed by atoms with Crippen molar-refractivity contribution < 1.29 is 0 Å². The predicted octanol–water partition coefficient (Wildman–Crippen LogP) is 3.98. The molecule has 0 amide bonds. The summed E-state index contributed by atoms with van der Waals surface area (Å²) in [6, 6.07) is 12.0. The van der Waals surface area contributed by atoms with E-state index >= 15 is 0 Å². The fourth-order valence-electron chi connectivity index (χ4n) is 1.41. The van der Waals surface area contributed by atoms with Gasteiger partial charge in [0, 0.05) is 6.20 Å². The third kappa shape index (κ3) is 2.49. The van der Waals surface area contributed by atoms with Crippen LogP contribution < -0.4 is 0 Å². The van der Waals surface area contributed by atoms with Gasteiger partial charge in [-0.15, -0.1) is 0 Å². The molecule has 76 valence electrons. The largest absolute Gasteiger partial charge is 0.243 e. The molecule has 0 fully saturated rings. The van der Waals surface area contributed by atoms with Crippen LogP contribution >= 0.6 is 23.2 Å². The lowest BCUT2D eigenvalue weighted by Gasteiger charge is -2.04. The molecule has 1 nitrogen and oxygen atoms in total. The molecule has 0 spiro atoms. The number of nitrogens with zero attached hydrogens (tertiary/aromatic N) is 1. The van der Waals surface area contributed by atoms with Crippen LogP contribution in [0.25, 0.3) is 0 Å². The van der Waals surface area contributed by atoms with Crippen molar-refractivity contribution in [1.29, 1.82) is 0 Å². The number of benzene rings is 1. The highest BCUT2D eigenvalue weighted by Crippen LogP contribution is 2.25. The van der Waals surface area contributed by atoms with E-state index in [4.69, 9.17) is 23.2 Å². The summed E-state index contributed by atoms with van der Waals surface area (Å²) in [7, 11) is 0. The minimum Gasteiger partial charge on any atom is -0.243 e. The maximum Gasteiger partial charge on any atom is 0.147 e. The van der Waals surface area contributed by atoms with Gasteiger partial charge in [0.25, 0.3) is 0 Å². The van der Waals surface area contributed by atoms with Gasteiger partial charge in [-0.05, 0) is 23.6 Å². The first-order valence-electron chi connectivity index (χ1n) is 4.60. The molecule has 3 heteroatoms. The number of halogens is 2. The Morgan fingerprint density at radius 2 is 1.73 bits per heavy atom. The highest BCUT2D eigenvalue weighted by Gasteiger charge is 2.05. The fraction of sp³-hybridized carbons (Fsp3) is 0.0833. The Kier molecular flexibility index (Phi) is 3.24. The van der Waals surface area contributed by atoms with Gasteiger partial charge in [0.2, 0.25) is 0 Å². The van der Waals surface area contributed by atoms with Gasteiger partial charge in [-0.25, -0.2) is 4.98 Å². The van der Waals surface area contributed by atoms with Crippen molar-refractivity contribution in [2.75, 3.05) is 0 Å². The smallest absolute Gasteiger partial charge is 0.147 e. The van der Waals surface area contributed by atoms with Crippen molar-refractivity contribution in [3.63, 3.8) is 0 Å². The molecule has 0 saturated heterocycles. The molecule has 0 N–H and O–H groups in total. The normalized spacial score (nSPS) is 10.3. The van der Waals surface area contributed by atoms with Crippen LogP contribution in [0.2, 0.25) is 10.2 Å². The van der Waals surface area contributed by atoms with E-state index in [2.05, 4.69) is 17.1 Å². The molecule has 0 bridgehead atoms. The van der Waals surface area contributed by atoms with Crippen LogP contribution in [0.15, 0.2) is 42.6 Å². The lowest BCUT2D eigenvalue weighted by Crippen LogP contribution is -1.90. The summed E-state index contributed by atoms with van der Waals surface area (Å²) in [6.45, 7) is 0. The summed E-state index contributed by atoms with van der Waals surface area (Å²) in [5.74, 6) is 0. The lowest BCUT2D eigenvalue weighted by molar-refractivity contribution is 1.16. The van der Waals surface area contributed by atoms with E-state index in [-0.39, 0.29) is 0 Å². The van der Waals surface area contributed by atoms with Crippen molar-refractivity contribution in [3.8, 4) is 0 Å². The van der Waals surface area contributed by atoms with E-state index in [1.165, 1.54) is 5.56 Å². The van der Waals surface area contributed by atoms with Crippen LogP contribution in [0.3, 0.4) is 0 Å². The zero-order valence-corrected chi connectivity index (χ0v) is 9.46. The quantitative estimate of drug-likeness (QED) is 0.721. The van der Waals surface area contributed by atoms with Gasteiger partial charge in [-0.1, -0.05) is 53.5 Å². The van der Waals surface area contributed by atoms with E-state index in [1.54, 1.807) is 6.20 Å². The van der Waals surface area contributed by atoms with Crippen molar-refractivity contribution >= 4 is 23.2 Å². The summed E-state index contributed by atoms with van der Waals surface area (Å²) in [6.07, 6.45) is 2.45. The molecular formula is C12H9Cl2N. The average molecular weight is 238 g/mol. The molecule has 2 rings (SSSR count). The molecule has 0 aliphatic heterocycles. The monoisotopic (exact) mass is 237 g/mol. The average Bonchev–Trinajstić information content (AvgIpc) is 2.26. The van der Waals surface area contributed by atoms with Crippen LogP contribution in [-0.4, -0.2) is 4.98 Å². The van der Waals surface area contributed by atoms with Crippen molar-refractivity contribution in [2.24, 2.45) is 0 Å². The Balaban J connectivity index is 2.29. The third-order valence-corrected chi connectivity index (χ3v) is 2.97. The van der Waals surface area contributed by atoms with E-state index < -0.39 is 0 Å². The first-order valence-corrected chi connectivity index (χ1v) is 5.36. The first kappa shape index (κ1) is 10.5. The molecule has 0 radical (unpaired) electrons. The second kappa shape index (κ2) is 4.65. The van der Waals surface area contributed by atoms with Gasteiger partial charge in [-0.2, -0.15) is 0 Å². The lowest BCUT2D eigenvalue weighted by atomic mass is 10.1. The molecule has 0 aliphatic carbocycles. The van der Waals surface area contributed by atoms with Crippen molar-refractivity contribution in [1.82, 2.24) is 4.98 Å². The van der Waals surface area contributed by atoms with E-state index in [0.29, 0.717) is 10.2 Å². The molecule has 15 heavy (non-hydrogen) atoms. The predicted molar refractivity (Wildman–Crippen MR) is 63.5 cm³/mol. The number of aromatic nitrogens is 1. The van der Waals surface area contributed by atoms with Crippen molar-refractivity contribution in [3.05, 3.63) is 63.9 Å². The van der Waals surface area contributed by atoms with Gasteiger partial charge in [0.15, 0.2) is 0 Å². The second-order valence-corrected chi connectivity index (χ2v) is 3.97. The van der Waals surface area contributed by atoms with E-state index in [0.717, 1.165) is 12.0 Å². The van der Waals surface area contributed by atoms with Gasteiger partial charge < -0.3 is 0 Å². The first-order chi connectivity index (χ1) is 7.27. The fourth-order valence-corrected chi connectivity index (χ4v) is 1.76. The van der Waals surface area contributed by atoms with Gasteiger partial charge >= 0.3 is 0 Å². The summed E-state index contributed by atoms with van der Waals surface area (Å²) < 4.78 is 0. The number of hydrogen-bond acceptors (Lipinski definition) is 1. The Labute approximate surface area is 98.7 Å². The Morgan fingerprint density at radius 3 is 2.47 bits per heavy atom. The van der Waals surface area contributed by atoms with Crippen LogP contribution in [0.5, 0.6) is 0 Å². The number of pyridine rings is 1. The Hall–Kier alpha value is -1.05. The molecular weight excluding hydrogens is 229 g/mol. The van der Waals surface area contributed by atoms with Crippen LogP contribution in [0.4, 0.5) is 0 Å². The van der Waals surface area contributed by atoms with Crippen molar-refractivity contribution in [2.45, 2.75) is 6.42 Å². The standard InChI is InChI=1S/C12H9Cl2N/c13-11-10(6-7-15-12(11)14)8-9-4-2-1-3-5-9/h1-7H,8H2. The summed E-state index contributed by atoms with van der Waals surface area (Å²) >= 11 is 11.9. The van der Waals surface area contributed by atoms with Crippen LogP contribution in [0.1, 0.15) is 11.1 Å². The van der Waals surface area contributed by atoms with Gasteiger partial charge in [-0.3, -0.25) is 0 Å². The molecule has 2 aromatic rings. The van der Waals surface area contributed by atoms with Gasteiger partial charge in [0.1, 0.15) is 5.15 Å². The Bertz CT molecular complexity index is 454. The molecule has 1 heterocycles. The topological polar surface area (TPSA) is 12.9 Å². The zero-order valence-electron chi connectivity index (χ0n) is 7.95. The number of hydrogen-bond donors (Lipinski definition) is 0. The maximum atomic E-state index is 6.05. The molecule has 0 atom stereocenters. The van der Waals surface area contributed by atoms with Crippen LogP contribution in [0, 0.1) is 0 Å². The molecule has 0 aliphatic rings. The molecule has 1 aromatic carbocycles. The molecule has 0 saturated carbocycles. The Morgan fingerprint density at radius 1 is 1.00 bits per heavy atom. The maximum absolute atomic E-state index is 6.05. The van der Waals surface area contributed by atoms with Gasteiger partial charge in [0.05, 0.1) is 5.02 Å². The zero-order chi connectivity index (χ0) is 10.7. The minimum atomic E-state index is 0.366. The van der Waals surface area contributed by atoms with E-state index in [9.17, 15) is 0 Å². The summed E-state index contributed by atoms with van der Waals surface area (Å²) in [5.41, 5.74) is 2.21. The molecule has 1 aromatic heterocycles. The van der Waals surface area contributed by atoms with E-state index in [1.807, 2.05) is 24.3 Å².